The first kappa shape index (κ1) is 16.3. The van der Waals surface area contributed by atoms with Gasteiger partial charge in [0.25, 0.3) is 16.1 Å². The number of nitrogens with one attached hydrogen (secondary N) is 1. The number of unbranched alkanes of at least 4 members (excludes halogenated alkanes) is 1. The molecule has 1 heterocycles. The summed E-state index contributed by atoms with van der Waals surface area (Å²) in [6.07, 6.45) is 1.47. The zero-order valence-corrected chi connectivity index (χ0v) is 11.9. The lowest BCUT2D eigenvalue weighted by Crippen LogP contribution is -2.51. The molecule has 112 valence electrons. The average Bonchev–Trinajstić information content (AvgIpc) is 2.43. The molecule has 19 heavy (non-hydrogen) atoms. The summed E-state index contributed by atoms with van der Waals surface area (Å²) in [6, 6.07) is 0. The maximum Gasteiger partial charge on any atom is 0.282 e. The molecule has 8 nitrogen and oxygen atoms in total. The third-order valence-electron chi connectivity index (χ3n) is 2.83. The van der Waals surface area contributed by atoms with Crippen LogP contribution < -0.4 is 5.48 Å². The number of carbonyl (C=O) groups excluding carboxylic acids is 1. The largest absolute Gasteiger partial charge is 0.379 e. The number of hydrogen-bond acceptors (Lipinski definition) is 5. The summed E-state index contributed by atoms with van der Waals surface area (Å²) in [5, 5.41) is 8.53. The minimum atomic E-state index is -3.69. The van der Waals surface area contributed by atoms with E-state index in [0.717, 1.165) is 10.7 Å². The Kier molecular flexibility index (Phi) is 6.66. The minimum absolute atomic E-state index is 0.254. The Morgan fingerprint density at radius 2 is 2.05 bits per heavy atom. The van der Waals surface area contributed by atoms with Gasteiger partial charge in [0.15, 0.2) is 0 Å². The van der Waals surface area contributed by atoms with Crippen molar-refractivity contribution < 1.29 is 23.2 Å². The summed E-state index contributed by atoms with van der Waals surface area (Å²) in [5.74, 6) is -0.743. The standard InChI is InChI=1S/C10H21N3O5S/c1-2-3-4-13(9-10(14)11-15)19(16,17)12-5-7-18-8-6-12/h15H,2-9H2,1H3,(H,11,14). The van der Waals surface area contributed by atoms with Crippen LogP contribution in [0.2, 0.25) is 0 Å². The van der Waals surface area contributed by atoms with Gasteiger partial charge in [-0.15, -0.1) is 0 Å². The molecule has 1 aliphatic rings. The molecule has 0 unspecified atom stereocenters. The monoisotopic (exact) mass is 295 g/mol. The quantitative estimate of drug-likeness (QED) is 0.472. The third kappa shape index (κ3) is 4.69. The fraction of sp³-hybridized carbons (Fsp3) is 0.900. The van der Waals surface area contributed by atoms with Crippen molar-refractivity contribution in [3.8, 4) is 0 Å². The van der Waals surface area contributed by atoms with E-state index in [-0.39, 0.29) is 26.2 Å². The van der Waals surface area contributed by atoms with Crippen LogP contribution in [0, 0.1) is 0 Å². The van der Waals surface area contributed by atoms with Crippen LogP contribution in [0.4, 0.5) is 0 Å². The highest BCUT2D eigenvalue weighted by Gasteiger charge is 2.31. The Morgan fingerprint density at radius 1 is 1.42 bits per heavy atom. The summed E-state index contributed by atoms with van der Waals surface area (Å²) in [4.78, 5) is 11.2. The molecule has 1 fully saturated rings. The van der Waals surface area contributed by atoms with Crippen LogP contribution in [-0.4, -0.2) is 67.5 Å². The van der Waals surface area contributed by atoms with E-state index in [1.807, 2.05) is 6.92 Å². The lowest BCUT2D eigenvalue weighted by atomic mass is 10.3. The number of carbonyl (C=O) groups is 1. The number of hydroxylamine groups is 1. The molecule has 0 bridgehead atoms. The van der Waals surface area contributed by atoms with Gasteiger partial charge in [0.2, 0.25) is 0 Å². The predicted molar refractivity (Wildman–Crippen MR) is 67.7 cm³/mol. The van der Waals surface area contributed by atoms with Crippen LogP contribution in [0.3, 0.4) is 0 Å². The van der Waals surface area contributed by atoms with Crippen molar-refractivity contribution >= 4 is 16.1 Å². The molecule has 0 aromatic heterocycles. The summed E-state index contributed by atoms with van der Waals surface area (Å²) in [6.45, 7) is 3.09. The van der Waals surface area contributed by atoms with Crippen LogP contribution in [-0.2, 0) is 19.7 Å². The Bertz CT molecular complexity index is 381. The van der Waals surface area contributed by atoms with Gasteiger partial charge in [-0.1, -0.05) is 13.3 Å². The predicted octanol–water partition coefficient (Wildman–Crippen LogP) is -0.829. The highest BCUT2D eigenvalue weighted by atomic mass is 32.2. The van der Waals surface area contributed by atoms with Crippen molar-refractivity contribution in [1.82, 2.24) is 14.1 Å². The van der Waals surface area contributed by atoms with E-state index in [2.05, 4.69) is 0 Å². The molecule has 0 aromatic rings. The first-order chi connectivity index (χ1) is 9.02. The summed E-state index contributed by atoms with van der Waals surface area (Å²) in [5.41, 5.74) is 1.46. The number of morpholine rings is 1. The molecule has 0 spiro atoms. The molecule has 9 heteroatoms. The van der Waals surface area contributed by atoms with Gasteiger partial charge in [-0.3, -0.25) is 10.0 Å². The molecule has 0 radical (unpaired) electrons. The molecule has 0 atom stereocenters. The number of amides is 1. The van der Waals surface area contributed by atoms with E-state index in [1.54, 1.807) is 0 Å². The number of ether oxygens (including phenoxy) is 1. The number of nitrogens with zero attached hydrogens (tertiary/aromatic N) is 2. The zero-order chi connectivity index (χ0) is 14.3. The molecular formula is C10H21N3O5S. The van der Waals surface area contributed by atoms with Crippen molar-refractivity contribution in [2.75, 3.05) is 39.4 Å². The molecule has 0 aliphatic carbocycles. The van der Waals surface area contributed by atoms with Gasteiger partial charge < -0.3 is 4.74 Å². The van der Waals surface area contributed by atoms with Gasteiger partial charge in [-0.25, -0.2) is 5.48 Å². The highest BCUT2D eigenvalue weighted by Crippen LogP contribution is 2.12. The van der Waals surface area contributed by atoms with Gasteiger partial charge in [-0.05, 0) is 6.42 Å². The Hall–Kier alpha value is -0.740. The maximum atomic E-state index is 12.4. The van der Waals surface area contributed by atoms with Crippen LogP contribution >= 0.6 is 0 Å². The SMILES string of the molecule is CCCCN(CC(=O)NO)S(=O)(=O)N1CCOCC1. The number of rotatable bonds is 7. The highest BCUT2D eigenvalue weighted by molar-refractivity contribution is 7.86. The van der Waals surface area contributed by atoms with Gasteiger partial charge in [-0.2, -0.15) is 17.0 Å². The maximum absolute atomic E-state index is 12.4. The topological polar surface area (TPSA) is 99.2 Å². The second-order valence-electron chi connectivity index (χ2n) is 4.24. The molecule has 1 rings (SSSR count). The van der Waals surface area contributed by atoms with E-state index in [0.29, 0.717) is 19.6 Å². The smallest absolute Gasteiger partial charge is 0.282 e. The molecule has 2 N–H and O–H groups in total. The Morgan fingerprint density at radius 3 is 2.58 bits per heavy atom. The normalized spacial score (nSPS) is 17.6. The first-order valence-electron chi connectivity index (χ1n) is 6.28. The van der Waals surface area contributed by atoms with E-state index in [4.69, 9.17) is 9.94 Å². The Labute approximate surface area is 113 Å². The van der Waals surface area contributed by atoms with Crippen molar-refractivity contribution in [3.63, 3.8) is 0 Å². The van der Waals surface area contributed by atoms with Gasteiger partial charge in [0.05, 0.1) is 19.8 Å². The number of hydrogen-bond donors (Lipinski definition) is 2. The van der Waals surface area contributed by atoms with Crippen molar-refractivity contribution in [1.29, 1.82) is 0 Å². The van der Waals surface area contributed by atoms with Crippen molar-refractivity contribution in [2.24, 2.45) is 0 Å². The molecule has 1 amide bonds. The minimum Gasteiger partial charge on any atom is -0.379 e. The fourth-order valence-electron chi connectivity index (χ4n) is 1.75. The van der Waals surface area contributed by atoms with Crippen molar-refractivity contribution in [2.45, 2.75) is 19.8 Å². The molecular weight excluding hydrogens is 274 g/mol. The van der Waals surface area contributed by atoms with Crippen LogP contribution in [0.15, 0.2) is 0 Å². The van der Waals surface area contributed by atoms with Crippen molar-refractivity contribution in [3.05, 3.63) is 0 Å². The lowest BCUT2D eigenvalue weighted by molar-refractivity contribution is -0.129. The van der Waals surface area contributed by atoms with E-state index < -0.39 is 16.1 Å². The third-order valence-corrected chi connectivity index (χ3v) is 4.81. The first-order valence-corrected chi connectivity index (χ1v) is 7.68. The fourth-order valence-corrected chi connectivity index (χ4v) is 3.32. The van der Waals surface area contributed by atoms with Gasteiger partial charge in [0.1, 0.15) is 0 Å². The van der Waals surface area contributed by atoms with Crippen LogP contribution in [0.25, 0.3) is 0 Å². The van der Waals surface area contributed by atoms with E-state index >= 15 is 0 Å². The molecule has 1 aliphatic heterocycles. The summed E-state index contributed by atoms with van der Waals surface area (Å²) in [7, 11) is -3.69. The second-order valence-corrected chi connectivity index (χ2v) is 6.17. The van der Waals surface area contributed by atoms with Crippen LogP contribution in [0.1, 0.15) is 19.8 Å². The average molecular weight is 295 g/mol. The second kappa shape index (κ2) is 7.75. The van der Waals surface area contributed by atoms with E-state index in [9.17, 15) is 13.2 Å². The van der Waals surface area contributed by atoms with E-state index in [1.165, 1.54) is 9.79 Å². The summed E-state index contributed by atoms with van der Waals surface area (Å²) >= 11 is 0. The molecule has 1 saturated heterocycles. The van der Waals surface area contributed by atoms with Gasteiger partial charge >= 0.3 is 0 Å². The van der Waals surface area contributed by atoms with Gasteiger partial charge in [0, 0.05) is 19.6 Å². The lowest BCUT2D eigenvalue weighted by Gasteiger charge is -2.31. The zero-order valence-electron chi connectivity index (χ0n) is 11.0. The molecule has 0 aromatic carbocycles. The molecule has 0 saturated carbocycles. The Balaban J connectivity index is 2.77. The summed E-state index contributed by atoms with van der Waals surface area (Å²) < 4.78 is 32.3. The van der Waals surface area contributed by atoms with Crippen LogP contribution in [0.5, 0.6) is 0 Å².